The number of rotatable bonds is 2. The lowest BCUT2D eigenvalue weighted by molar-refractivity contribution is 1.07. The molecular formula is C8H10N2S2. The van der Waals surface area contributed by atoms with Crippen LogP contribution < -0.4 is 11.3 Å². The maximum Gasteiger partial charge on any atom is 0.148 e. The van der Waals surface area contributed by atoms with Crippen molar-refractivity contribution in [1.29, 1.82) is 0 Å². The van der Waals surface area contributed by atoms with Gasteiger partial charge in [0.2, 0.25) is 0 Å². The van der Waals surface area contributed by atoms with Crippen LogP contribution in [-0.4, -0.2) is 4.32 Å². The Morgan fingerprint density at radius 2 is 2.08 bits per heavy atom. The summed E-state index contributed by atoms with van der Waals surface area (Å²) < 4.78 is 0.624. The van der Waals surface area contributed by atoms with Crippen molar-refractivity contribution in [3.63, 3.8) is 0 Å². The Morgan fingerprint density at radius 1 is 1.42 bits per heavy atom. The fraction of sp³-hybridized carbons (Fsp3) is 0.125. The van der Waals surface area contributed by atoms with Crippen molar-refractivity contribution in [2.24, 2.45) is 5.84 Å². The molecule has 3 N–H and O–H groups in total. The molecule has 0 aliphatic rings. The van der Waals surface area contributed by atoms with Gasteiger partial charge in [0, 0.05) is 5.75 Å². The smallest absolute Gasteiger partial charge is 0.148 e. The summed E-state index contributed by atoms with van der Waals surface area (Å²) in [5.41, 5.74) is 3.68. The van der Waals surface area contributed by atoms with Crippen molar-refractivity contribution in [1.82, 2.24) is 5.43 Å². The summed E-state index contributed by atoms with van der Waals surface area (Å²) >= 11 is 6.41. The van der Waals surface area contributed by atoms with Crippen LogP contribution >= 0.6 is 24.0 Å². The number of hydrogen-bond donors (Lipinski definition) is 2. The van der Waals surface area contributed by atoms with E-state index >= 15 is 0 Å². The largest absolute Gasteiger partial charge is 0.309 e. The van der Waals surface area contributed by atoms with Gasteiger partial charge in [-0.15, -0.1) is 0 Å². The molecule has 0 aliphatic carbocycles. The number of hydrazine groups is 1. The van der Waals surface area contributed by atoms with Crippen LogP contribution in [0.15, 0.2) is 30.3 Å². The minimum atomic E-state index is 0.624. The molecule has 0 saturated carbocycles. The van der Waals surface area contributed by atoms with E-state index in [0.29, 0.717) is 4.32 Å². The molecule has 0 aliphatic heterocycles. The zero-order valence-corrected chi connectivity index (χ0v) is 8.12. The Labute approximate surface area is 81.5 Å². The SMILES string of the molecule is NNC(=S)SCc1ccccc1. The molecule has 12 heavy (non-hydrogen) atoms. The first-order valence-electron chi connectivity index (χ1n) is 3.50. The molecule has 4 heteroatoms. The van der Waals surface area contributed by atoms with Crippen LogP contribution in [0, 0.1) is 0 Å². The lowest BCUT2D eigenvalue weighted by atomic mass is 10.2. The summed E-state index contributed by atoms with van der Waals surface area (Å²) in [5.74, 6) is 5.99. The highest BCUT2D eigenvalue weighted by molar-refractivity contribution is 8.22. The zero-order valence-electron chi connectivity index (χ0n) is 6.49. The van der Waals surface area contributed by atoms with Gasteiger partial charge in [0.05, 0.1) is 0 Å². The van der Waals surface area contributed by atoms with Crippen molar-refractivity contribution in [2.75, 3.05) is 0 Å². The second-order valence-electron chi connectivity index (χ2n) is 2.21. The van der Waals surface area contributed by atoms with E-state index in [1.165, 1.54) is 17.3 Å². The van der Waals surface area contributed by atoms with Crippen molar-refractivity contribution in [2.45, 2.75) is 5.75 Å². The first-order chi connectivity index (χ1) is 5.83. The van der Waals surface area contributed by atoms with Gasteiger partial charge in [-0.1, -0.05) is 54.3 Å². The monoisotopic (exact) mass is 198 g/mol. The van der Waals surface area contributed by atoms with E-state index in [1.54, 1.807) is 0 Å². The molecule has 0 radical (unpaired) electrons. The highest BCUT2D eigenvalue weighted by atomic mass is 32.2. The van der Waals surface area contributed by atoms with Crippen LogP contribution in [0.2, 0.25) is 0 Å². The summed E-state index contributed by atoms with van der Waals surface area (Å²) in [6.45, 7) is 0. The van der Waals surface area contributed by atoms with Gasteiger partial charge in [-0.3, -0.25) is 0 Å². The summed E-state index contributed by atoms with van der Waals surface area (Å²) in [7, 11) is 0. The molecule has 1 aromatic carbocycles. The average Bonchev–Trinajstić information content (AvgIpc) is 2.16. The Kier molecular flexibility index (Phi) is 4.07. The second kappa shape index (κ2) is 5.13. The third-order valence-electron chi connectivity index (χ3n) is 1.33. The van der Waals surface area contributed by atoms with E-state index in [2.05, 4.69) is 17.6 Å². The summed E-state index contributed by atoms with van der Waals surface area (Å²) in [6.07, 6.45) is 0. The maximum atomic E-state index is 5.12. The van der Waals surface area contributed by atoms with E-state index < -0.39 is 0 Å². The molecule has 0 fully saturated rings. The van der Waals surface area contributed by atoms with Gasteiger partial charge in [0.15, 0.2) is 0 Å². The van der Waals surface area contributed by atoms with Crippen LogP contribution in [0.3, 0.4) is 0 Å². The normalized spacial score (nSPS) is 9.42. The van der Waals surface area contributed by atoms with Gasteiger partial charge in [-0.05, 0) is 5.56 Å². The molecule has 0 unspecified atom stereocenters. The quantitative estimate of drug-likeness (QED) is 0.431. The second-order valence-corrected chi connectivity index (χ2v) is 3.86. The lowest BCUT2D eigenvalue weighted by Gasteiger charge is -2.01. The highest BCUT2D eigenvalue weighted by Gasteiger charge is 1.94. The Bertz CT molecular complexity index is 248. The molecule has 0 aromatic heterocycles. The van der Waals surface area contributed by atoms with Gasteiger partial charge in [0.25, 0.3) is 0 Å². The molecule has 1 rings (SSSR count). The first kappa shape index (κ1) is 9.51. The van der Waals surface area contributed by atoms with Crippen molar-refractivity contribution in [3.8, 4) is 0 Å². The van der Waals surface area contributed by atoms with Crippen molar-refractivity contribution in [3.05, 3.63) is 35.9 Å². The molecule has 0 spiro atoms. The molecule has 0 heterocycles. The fourth-order valence-electron chi connectivity index (χ4n) is 0.765. The summed E-state index contributed by atoms with van der Waals surface area (Å²) in [4.78, 5) is 0. The van der Waals surface area contributed by atoms with Gasteiger partial charge in [0.1, 0.15) is 4.32 Å². The van der Waals surface area contributed by atoms with Crippen LogP contribution in [0.5, 0.6) is 0 Å². The average molecular weight is 198 g/mol. The van der Waals surface area contributed by atoms with Crippen molar-refractivity contribution < 1.29 is 0 Å². The topological polar surface area (TPSA) is 38.0 Å². The molecular weight excluding hydrogens is 188 g/mol. The summed E-state index contributed by atoms with van der Waals surface area (Å²) in [5, 5.41) is 0. The van der Waals surface area contributed by atoms with E-state index in [9.17, 15) is 0 Å². The van der Waals surface area contributed by atoms with Gasteiger partial charge < -0.3 is 5.43 Å². The highest BCUT2D eigenvalue weighted by Crippen LogP contribution is 2.11. The molecule has 0 amide bonds. The maximum absolute atomic E-state index is 5.12. The lowest BCUT2D eigenvalue weighted by Crippen LogP contribution is -2.25. The third-order valence-corrected chi connectivity index (χ3v) is 2.66. The predicted molar refractivity (Wildman–Crippen MR) is 57.7 cm³/mol. The van der Waals surface area contributed by atoms with Gasteiger partial charge >= 0.3 is 0 Å². The third kappa shape index (κ3) is 3.21. The summed E-state index contributed by atoms with van der Waals surface area (Å²) in [6, 6.07) is 10.1. The van der Waals surface area contributed by atoms with Crippen LogP contribution in [0.1, 0.15) is 5.56 Å². The van der Waals surface area contributed by atoms with E-state index in [0.717, 1.165) is 5.75 Å². The number of thioether (sulfide) groups is 1. The molecule has 0 bridgehead atoms. The minimum Gasteiger partial charge on any atom is -0.309 e. The fourth-order valence-corrected chi connectivity index (χ4v) is 1.52. The van der Waals surface area contributed by atoms with Crippen LogP contribution in [0.25, 0.3) is 0 Å². The number of thiocarbonyl (C=S) groups is 1. The van der Waals surface area contributed by atoms with E-state index in [-0.39, 0.29) is 0 Å². The number of nitrogens with two attached hydrogens (primary N) is 1. The number of hydrogen-bond acceptors (Lipinski definition) is 3. The van der Waals surface area contributed by atoms with Gasteiger partial charge in [-0.25, -0.2) is 5.84 Å². The number of nitrogens with one attached hydrogen (secondary N) is 1. The van der Waals surface area contributed by atoms with E-state index in [4.69, 9.17) is 18.1 Å². The Morgan fingerprint density at radius 3 is 2.67 bits per heavy atom. The van der Waals surface area contributed by atoms with Crippen LogP contribution in [-0.2, 0) is 5.75 Å². The van der Waals surface area contributed by atoms with E-state index in [1.807, 2.05) is 18.2 Å². The van der Waals surface area contributed by atoms with Gasteiger partial charge in [-0.2, -0.15) is 0 Å². The standard InChI is InChI=1S/C8H10N2S2/c9-10-8(11)12-6-7-4-2-1-3-5-7/h1-5H,6,9H2,(H,10,11). The zero-order chi connectivity index (χ0) is 8.81. The van der Waals surface area contributed by atoms with Crippen molar-refractivity contribution >= 4 is 28.3 Å². The Balaban J connectivity index is 2.38. The molecule has 64 valence electrons. The first-order valence-corrected chi connectivity index (χ1v) is 4.89. The molecule has 0 saturated heterocycles. The molecule has 2 nitrogen and oxygen atoms in total. The molecule has 1 aromatic rings. The number of benzene rings is 1. The van der Waals surface area contributed by atoms with Crippen LogP contribution in [0.4, 0.5) is 0 Å². The Hall–Kier alpha value is -0.580. The molecule has 0 atom stereocenters. The minimum absolute atomic E-state index is 0.624. The predicted octanol–water partition coefficient (Wildman–Crippen LogP) is 1.67.